The number of alkyl halides is 1. The largest absolute Gasteiger partial charge is 0.481 e. The Hall–Kier alpha value is -1.41. The topological polar surface area (TPSA) is 87.0 Å². The van der Waals surface area contributed by atoms with Gasteiger partial charge in [0.05, 0.1) is 18.8 Å². The molecule has 5 unspecified atom stereocenters. The number of hydrogen-bond donors (Lipinski definition) is 3. The fourth-order valence-corrected chi connectivity index (χ4v) is 4.95. The second-order valence-corrected chi connectivity index (χ2v) is 9.09. The third-order valence-electron chi connectivity index (χ3n) is 5.45. The first-order valence-electron chi connectivity index (χ1n) is 10.5. The molecule has 5 nitrogen and oxygen atoms in total. The van der Waals surface area contributed by atoms with Gasteiger partial charge in [0, 0.05) is 32.3 Å². The number of rotatable bonds is 13. The maximum Gasteiger partial charge on any atom is 0.303 e. The summed E-state index contributed by atoms with van der Waals surface area (Å²) in [6.45, 7) is 0.516. The molecule has 1 saturated carbocycles. The van der Waals surface area contributed by atoms with Gasteiger partial charge in [-0.25, -0.2) is 4.39 Å². The van der Waals surface area contributed by atoms with E-state index in [1.54, 1.807) is 31.0 Å². The van der Waals surface area contributed by atoms with Gasteiger partial charge in [-0.2, -0.15) is 11.8 Å². The minimum Gasteiger partial charge on any atom is -0.481 e. The maximum absolute atomic E-state index is 14.4. The van der Waals surface area contributed by atoms with Gasteiger partial charge in [0.1, 0.15) is 6.17 Å². The van der Waals surface area contributed by atoms with E-state index < -0.39 is 24.3 Å². The maximum atomic E-state index is 14.4. The van der Waals surface area contributed by atoms with E-state index in [1.165, 1.54) is 0 Å². The molecular weight excluding hydrogens is 407 g/mol. The lowest BCUT2D eigenvalue weighted by atomic mass is 9.90. The summed E-state index contributed by atoms with van der Waals surface area (Å²) in [5.41, 5.74) is 2.03. The molecule has 1 fully saturated rings. The molecule has 0 amide bonds. The van der Waals surface area contributed by atoms with Gasteiger partial charge in [0.15, 0.2) is 0 Å². The number of carbonyl (C=O) groups is 1. The average molecular weight is 441 g/mol. The lowest BCUT2D eigenvalue weighted by Crippen LogP contribution is -2.20. The summed E-state index contributed by atoms with van der Waals surface area (Å²) < 4.78 is 19.5. The Labute approximate surface area is 182 Å². The van der Waals surface area contributed by atoms with Crippen molar-refractivity contribution in [2.45, 2.75) is 57.1 Å². The van der Waals surface area contributed by atoms with Crippen molar-refractivity contribution < 1.29 is 29.2 Å². The van der Waals surface area contributed by atoms with E-state index in [0.29, 0.717) is 25.9 Å². The van der Waals surface area contributed by atoms with Crippen molar-refractivity contribution in [2.75, 3.05) is 18.6 Å². The monoisotopic (exact) mass is 440 g/mol. The molecule has 0 bridgehead atoms. The van der Waals surface area contributed by atoms with Crippen molar-refractivity contribution in [2.24, 2.45) is 11.8 Å². The zero-order valence-corrected chi connectivity index (χ0v) is 18.3. The van der Waals surface area contributed by atoms with E-state index in [4.69, 9.17) is 9.84 Å². The number of thioether (sulfide) groups is 1. The number of hydrogen-bond acceptors (Lipinski definition) is 5. The van der Waals surface area contributed by atoms with Crippen molar-refractivity contribution >= 4 is 17.7 Å². The van der Waals surface area contributed by atoms with Crippen LogP contribution in [0.5, 0.6) is 0 Å². The van der Waals surface area contributed by atoms with Crippen LogP contribution >= 0.6 is 11.8 Å². The summed E-state index contributed by atoms with van der Waals surface area (Å²) in [5, 5.41) is 29.3. The van der Waals surface area contributed by atoms with Gasteiger partial charge < -0.3 is 20.1 Å². The average Bonchev–Trinajstić information content (AvgIpc) is 2.95. The molecule has 168 valence electrons. The second-order valence-electron chi connectivity index (χ2n) is 7.87. The lowest BCUT2D eigenvalue weighted by Gasteiger charge is -2.20. The summed E-state index contributed by atoms with van der Waals surface area (Å²) in [7, 11) is 1.64. The first-order valence-corrected chi connectivity index (χ1v) is 11.6. The van der Waals surface area contributed by atoms with E-state index in [-0.39, 0.29) is 24.7 Å². The summed E-state index contributed by atoms with van der Waals surface area (Å²) in [6, 6.07) is 7.84. The Morgan fingerprint density at radius 3 is 2.87 bits per heavy atom. The standard InChI is InChI=1S/C23H33FO5S/c1-29-15-17-5-2-4-16(12-17)13-18(25)7-8-20-19(21(24)14-22(20)26)9-11-30-10-3-6-23(27)28/h2,4-5,7-8,12,18-22,25-26H,3,6,9-11,13-15H2,1H3,(H,27,28)/b8-7+. The molecule has 1 aliphatic rings. The molecule has 1 aliphatic carbocycles. The van der Waals surface area contributed by atoms with E-state index in [2.05, 4.69) is 0 Å². The Balaban J connectivity index is 1.84. The number of halogens is 1. The van der Waals surface area contributed by atoms with Crippen LogP contribution in [0.25, 0.3) is 0 Å². The smallest absolute Gasteiger partial charge is 0.303 e. The van der Waals surface area contributed by atoms with Crippen molar-refractivity contribution in [3.8, 4) is 0 Å². The van der Waals surface area contributed by atoms with E-state index in [1.807, 2.05) is 24.3 Å². The van der Waals surface area contributed by atoms with Crippen LogP contribution in [0, 0.1) is 11.8 Å². The predicted molar refractivity (Wildman–Crippen MR) is 117 cm³/mol. The normalized spacial score (nSPS) is 25.1. The van der Waals surface area contributed by atoms with E-state index in [9.17, 15) is 19.4 Å². The molecular formula is C23H33FO5S. The highest BCUT2D eigenvalue weighted by molar-refractivity contribution is 7.99. The molecule has 0 spiro atoms. The number of aliphatic hydroxyl groups excluding tert-OH is 2. The van der Waals surface area contributed by atoms with Gasteiger partial charge in [-0.05, 0) is 41.4 Å². The Kier molecular flexibility index (Phi) is 10.9. The van der Waals surface area contributed by atoms with Crippen LogP contribution in [0.3, 0.4) is 0 Å². The quantitative estimate of drug-likeness (QED) is 0.321. The highest BCUT2D eigenvalue weighted by Gasteiger charge is 2.40. The molecule has 0 aromatic heterocycles. The Morgan fingerprint density at radius 1 is 1.37 bits per heavy atom. The highest BCUT2D eigenvalue weighted by Crippen LogP contribution is 2.38. The van der Waals surface area contributed by atoms with Gasteiger partial charge in [0.2, 0.25) is 0 Å². The summed E-state index contributed by atoms with van der Waals surface area (Å²) >= 11 is 1.62. The van der Waals surface area contributed by atoms with Gasteiger partial charge in [-0.15, -0.1) is 0 Å². The molecule has 2 rings (SSSR count). The predicted octanol–water partition coefficient (Wildman–Crippen LogP) is 3.62. The van der Waals surface area contributed by atoms with Crippen LogP contribution < -0.4 is 0 Å². The first-order chi connectivity index (χ1) is 14.4. The van der Waals surface area contributed by atoms with Gasteiger partial charge in [-0.3, -0.25) is 4.79 Å². The fourth-order valence-electron chi connectivity index (χ4n) is 3.96. The molecule has 0 aliphatic heterocycles. The van der Waals surface area contributed by atoms with Crippen LogP contribution in [-0.4, -0.2) is 58.3 Å². The van der Waals surface area contributed by atoms with Crippen LogP contribution in [0.4, 0.5) is 4.39 Å². The van der Waals surface area contributed by atoms with Crippen LogP contribution in [0.15, 0.2) is 36.4 Å². The summed E-state index contributed by atoms with van der Waals surface area (Å²) in [4.78, 5) is 10.5. The number of carboxylic acids is 1. The summed E-state index contributed by atoms with van der Waals surface area (Å²) in [5.74, 6) is 0.0818. The fraction of sp³-hybridized carbons (Fsp3) is 0.609. The van der Waals surface area contributed by atoms with Gasteiger partial charge in [-0.1, -0.05) is 36.4 Å². The molecule has 1 aromatic rings. The van der Waals surface area contributed by atoms with Crippen molar-refractivity contribution in [3.63, 3.8) is 0 Å². The molecule has 0 heterocycles. The second kappa shape index (κ2) is 13.1. The summed E-state index contributed by atoms with van der Waals surface area (Å²) in [6.07, 6.45) is 2.88. The van der Waals surface area contributed by atoms with Crippen molar-refractivity contribution in [3.05, 3.63) is 47.5 Å². The zero-order valence-electron chi connectivity index (χ0n) is 17.5. The van der Waals surface area contributed by atoms with Crippen molar-refractivity contribution in [1.29, 1.82) is 0 Å². The Morgan fingerprint density at radius 2 is 2.13 bits per heavy atom. The van der Waals surface area contributed by atoms with Gasteiger partial charge >= 0.3 is 5.97 Å². The number of methoxy groups -OCH3 is 1. The van der Waals surface area contributed by atoms with Crippen molar-refractivity contribution in [1.82, 2.24) is 0 Å². The zero-order chi connectivity index (χ0) is 21.9. The van der Waals surface area contributed by atoms with E-state index in [0.717, 1.165) is 22.6 Å². The first kappa shape index (κ1) is 24.9. The molecule has 0 saturated heterocycles. The Bertz CT molecular complexity index is 683. The molecule has 7 heteroatoms. The lowest BCUT2D eigenvalue weighted by molar-refractivity contribution is -0.137. The molecule has 3 N–H and O–H groups in total. The minimum atomic E-state index is -1.06. The van der Waals surface area contributed by atoms with Gasteiger partial charge in [0.25, 0.3) is 0 Å². The molecule has 0 radical (unpaired) electrons. The number of benzene rings is 1. The molecule has 30 heavy (non-hydrogen) atoms. The number of aliphatic carboxylic acids is 1. The van der Waals surface area contributed by atoms with Crippen LogP contribution in [0.1, 0.15) is 36.8 Å². The van der Waals surface area contributed by atoms with Crippen LogP contribution in [0.2, 0.25) is 0 Å². The SMILES string of the molecule is COCc1cccc(CC(O)/C=C/C2C(O)CC(F)C2CCSCCCC(=O)O)c1. The number of carboxylic acid groups (broad SMARTS) is 1. The molecule has 1 aromatic carbocycles. The van der Waals surface area contributed by atoms with E-state index >= 15 is 0 Å². The number of aliphatic hydroxyl groups is 2. The minimum absolute atomic E-state index is 0.124. The highest BCUT2D eigenvalue weighted by atomic mass is 32.2. The van der Waals surface area contributed by atoms with Crippen LogP contribution in [-0.2, 0) is 22.6 Å². The third kappa shape index (κ3) is 8.38. The molecule has 5 atom stereocenters. The number of ether oxygens (including phenoxy) is 1. The third-order valence-corrected chi connectivity index (χ3v) is 6.55.